The van der Waals surface area contributed by atoms with E-state index in [-0.39, 0.29) is 0 Å². The Morgan fingerprint density at radius 1 is 1.21 bits per heavy atom. The van der Waals surface area contributed by atoms with Crippen LogP contribution in [0, 0.1) is 0 Å². The number of methoxy groups -OCH3 is 1. The fraction of sp³-hybridized carbons (Fsp3) is 0.316. The number of rotatable bonds is 4. The summed E-state index contributed by atoms with van der Waals surface area (Å²) < 4.78 is 4.59. The zero-order valence-electron chi connectivity index (χ0n) is 13.8. The summed E-state index contributed by atoms with van der Waals surface area (Å²) >= 11 is 0. The minimum Gasteiger partial charge on any atom is -0.453 e. The number of para-hydroxylation sites is 1. The third-order valence-electron chi connectivity index (χ3n) is 4.26. The summed E-state index contributed by atoms with van der Waals surface area (Å²) in [6, 6.07) is 16.6. The van der Waals surface area contributed by atoms with E-state index in [2.05, 4.69) is 45.0 Å². The molecule has 0 fully saturated rings. The van der Waals surface area contributed by atoms with Crippen LogP contribution in [0.1, 0.15) is 30.0 Å². The van der Waals surface area contributed by atoms with Gasteiger partial charge in [-0.15, -0.1) is 0 Å². The smallest absolute Gasteiger partial charge is 0.411 e. The first-order valence-corrected chi connectivity index (χ1v) is 8.26. The maximum Gasteiger partial charge on any atom is 0.411 e. The maximum atomic E-state index is 11.2. The van der Waals surface area contributed by atoms with Gasteiger partial charge in [0, 0.05) is 30.5 Å². The Bertz CT molecular complexity index is 685. The molecule has 0 bridgehead atoms. The molecule has 5 heteroatoms. The lowest BCUT2D eigenvalue weighted by molar-refractivity contribution is 0.187. The van der Waals surface area contributed by atoms with Crippen LogP contribution in [0.2, 0.25) is 0 Å². The summed E-state index contributed by atoms with van der Waals surface area (Å²) in [5, 5.41) is 9.80. The molecule has 1 unspecified atom stereocenters. The Morgan fingerprint density at radius 2 is 2.00 bits per heavy atom. The van der Waals surface area contributed by atoms with Gasteiger partial charge < -0.3 is 15.4 Å². The van der Waals surface area contributed by atoms with Crippen LogP contribution in [0.15, 0.2) is 48.5 Å². The van der Waals surface area contributed by atoms with E-state index in [1.807, 2.05) is 24.3 Å². The highest BCUT2D eigenvalue weighted by Gasteiger charge is 2.17. The van der Waals surface area contributed by atoms with Crippen LogP contribution in [-0.4, -0.2) is 19.7 Å². The average Bonchev–Trinajstić information content (AvgIpc) is 2.83. The molecule has 5 nitrogen and oxygen atoms in total. The molecule has 1 aliphatic rings. The topological polar surface area (TPSA) is 62.4 Å². The van der Waals surface area contributed by atoms with E-state index >= 15 is 0 Å². The van der Waals surface area contributed by atoms with Gasteiger partial charge in [0.1, 0.15) is 0 Å². The number of hydrogen-bond acceptors (Lipinski definition) is 4. The highest BCUT2D eigenvalue weighted by atomic mass is 16.5. The number of hydrogen-bond donors (Lipinski definition) is 3. The quantitative estimate of drug-likeness (QED) is 0.798. The van der Waals surface area contributed by atoms with Crippen LogP contribution in [-0.2, 0) is 11.3 Å². The van der Waals surface area contributed by atoms with Gasteiger partial charge in [0.05, 0.1) is 7.11 Å². The lowest BCUT2D eigenvalue weighted by atomic mass is 10.0. The van der Waals surface area contributed by atoms with Crippen LogP contribution >= 0.6 is 0 Å². The molecule has 0 spiro atoms. The number of amides is 1. The summed E-state index contributed by atoms with van der Waals surface area (Å²) in [6.07, 6.45) is 1.81. The molecule has 24 heavy (non-hydrogen) atoms. The number of carbonyl (C=O) groups is 1. The van der Waals surface area contributed by atoms with E-state index in [0.29, 0.717) is 6.04 Å². The Labute approximate surface area is 142 Å². The standard InChI is InChI=1S/C19H23N3O2/c1-24-19(23)22-15-10-8-14(9-11-15)13-21-18-7-4-12-20-17-6-3-2-5-16(17)18/h2-3,5-6,8-11,18,20-21H,4,7,12-13H2,1H3,(H,22,23). The van der Waals surface area contributed by atoms with Crippen molar-refractivity contribution in [3.05, 3.63) is 59.7 Å². The molecule has 1 heterocycles. The third kappa shape index (κ3) is 4.06. The fourth-order valence-corrected chi connectivity index (χ4v) is 2.97. The van der Waals surface area contributed by atoms with Crippen molar-refractivity contribution < 1.29 is 9.53 Å². The molecule has 126 valence electrons. The number of nitrogens with one attached hydrogen (secondary N) is 3. The molecule has 1 atom stereocenters. The Kier molecular flexibility index (Phi) is 5.33. The summed E-state index contributed by atoms with van der Waals surface area (Å²) in [7, 11) is 1.35. The van der Waals surface area contributed by atoms with E-state index in [4.69, 9.17) is 0 Å². The largest absolute Gasteiger partial charge is 0.453 e. The zero-order valence-corrected chi connectivity index (χ0v) is 13.8. The average molecular weight is 325 g/mol. The summed E-state index contributed by atoms with van der Waals surface area (Å²) in [5.41, 5.74) is 4.47. The Morgan fingerprint density at radius 3 is 2.79 bits per heavy atom. The first-order valence-electron chi connectivity index (χ1n) is 8.26. The van der Waals surface area contributed by atoms with Crippen LogP contribution in [0.3, 0.4) is 0 Å². The van der Waals surface area contributed by atoms with Gasteiger partial charge in [-0.3, -0.25) is 5.32 Å². The van der Waals surface area contributed by atoms with Crippen molar-refractivity contribution >= 4 is 17.5 Å². The van der Waals surface area contributed by atoms with Gasteiger partial charge in [0.25, 0.3) is 0 Å². The van der Waals surface area contributed by atoms with Gasteiger partial charge in [-0.25, -0.2) is 4.79 Å². The summed E-state index contributed by atoms with van der Waals surface area (Å²) in [4.78, 5) is 11.2. The van der Waals surface area contributed by atoms with Crippen molar-refractivity contribution in [1.82, 2.24) is 5.32 Å². The van der Waals surface area contributed by atoms with E-state index in [1.54, 1.807) is 0 Å². The van der Waals surface area contributed by atoms with Crippen molar-refractivity contribution in [2.75, 3.05) is 24.3 Å². The highest BCUT2D eigenvalue weighted by molar-refractivity contribution is 5.84. The molecular weight excluding hydrogens is 302 g/mol. The zero-order chi connectivity index (χ0) is 16.8. The predicted octanol–water partition coefficient (Wildman–Crippen LogP) is 3.90. The van der Waals surface area contributed by atoms with Gasteiger partial charge in [-0.05, 0) is 42.2 Å². The molecular formula is C19H23N3O2. The third-order valence-corrected chi connectivity index (χ3v) is 4.26. The number of carbonyl (C=O) groups excluding carboxylic acids is 1. The molecule has 3 rings (SSSR count). The Hall–Kier alpha value is -2.53. The highest BCUT2D eigenvalue weighted by Crippen LogP contribution is 2.29. The fourth-order valence-electron chi connectivity index (χ4n) is 2.97. The number of benzene rings is 2. The Balaban J connectivity index is 1.62. The van der Waals surface area contributed by atoms with Gasteiger partial charge in [0.15, 0.2) is 0 Å². The summed E-state index contributed by atoms with van der Waals surface area (Å²) in [5.74, 6) is 0. The van der Waals surface area contributed by atoms with Crippen LogP contribution in [0.25, 0.3) is 0 Å². The van der Waals surface area contributed by atoms with E-state index in [1.165, 1.54) is 23.9 Å². The monoisotopic (exact) mass is 325 g/mol. The molecule has 3 N–H and O–H groups in total. The number of anilines is 2. The van der Waals surface area contributed by atoms with Crippen molar-refractivity contribution in [3.63, 3.8) is 0 Å². The second-order valence-corrected chi connectivity index (χ2v) is 5.90. The molecule has 1 aliphatic heterocycles. The van der Waals surface area contributed by atoms with Crippen LogP contribution < -0.4 is 16.0 Å². The minimum absolute atomic E-state index is 0.351. The van der Waals surface area contributed by atoms with Crippen molar-refractivity contribution in [2.45, 2.75) is 25.4 Å². The lowest BCUT2D eigenvalue weighted by Gasteiger charge is -2.19. The molecule has 1 amide bonds. The van der Waals surface area contributed by atoms with Gasteiger partial charge in [-0.1, -0.05) is 30.3 Å². The molecule has 0 aliphatic carbocycles. The van der Waals surface area contributed by atoms with Crippen molar-refractivity contribution in [3.8, 4) is 0 Å². The van der Waals surface area contributed by atoms with E-state index in [9.17, 15) is 4.79 Å². The molecule has 0 radical (unpaired) electrons. The number of fused-ring (bicyclic) bond motifs is 1. The van der Waals surface area contributed by atoms with Gasteiger partial charge in [0.2, 0.25) is 0 Å². The molecule has 0 saturated carbocycles. The predicted molar refractivity (Wildman–Crippen MR) is 96.2 cm³/mol. The molecule has 2 aromatic rings. The van der Waals surface area contributed by atoms with E-state index in [0.717, 1.165) is 31.6 Å². The van der Waals surface area contributed by atoms with Crippen LogP contribution in [0.5, 0.6) is 0 Å². The second-order valence-electron chi connectivity index (χ2n) is 5.90. The molecule has 0 aromatic heterocycles. The second kappa shape index (κ2) is 7.84. The van der Waals surface area contributed by atoms with Crippen LogP contribution in [0.4, 0.5) is 16.2 Å². The summed E-state index contributed by atoms with van der Waals surface area (Å²) in [6.45, 7) is 1.81. The lowest BCUT2D eigenvalue weighted by Crippen LogP contribution is -2.20. The first kappa shape index (κ1) is 16.3. The number of ether oxygens (including phenoxy) is 1. The van der Waals surface area contributed by atoms with E-state index < -0.39 is 6.09 Å². The van der Waals surface area contributed by atoms with Crippen molar-refractivity contribution in [2.24, 2.45) is 0 Å². The minimum atomic E-state index is -0.455. The molecule has 0 saturated heterocycles. The normalized spacial score (nSPS) is 16.5. The maximum absolute atomic E-state index is 11.2. The molecule has 2 aromatic carbocycles. The van der Waals surface area contributed by atoms with Crippen molar-refractivity contribution in [1.29, 1.82) is 0 Å². The first-order chi connectivity index (χ1) is 11.8. The SMILES string of the molecule is COC(=O)Nc1ccc(CNC2CCCNc3ccccc32)cc1. The van der Waals surface area contributed by atoms with Gasteiger partial charge in [-0.2, -0.15) is 0 Å². The van der Waals surface area contributed by atoms with Gasteiger partial charge >= 0.3 is 6.09 Å².